The Bertz CT molecular complexity index is 899. The lowest BCUT2D eigenvalue weighted by Gasteiger charge is -2.70. The number of hydrogen-bond donors (Lipinski definition) is 3. The number of allylic oxidation sites excluding steroid dienone is 3. The van der Waals surface area contributed by atoms with Gasteiger partial charge in [-0.2, -0.15) is 0 Å². The van der Waals surface area contributed by atoms with Gasteiger partial charge in [0.25, 0.3) is 0 Å². The van der Waals surface area contributed by atoms with Crippen molar-refractivity contribution >= 4 is 0 Å². The third-order valence-electron chi connectivity index (χ3n) is 12.2. The summed E-state index contributed by atoms with van der Waals surface area (Å²) in [5.74, 6) is -0.258. The quantitative estimate of drug-likeness (QED) is 0.467. The van der Waals surface area contributed by atoms with Crippen LogP contribution in [0.4, 0.5) is 0 Å². The predicted molar refractivity (Wildman–Crippen MR) is 135 cm³/mol. The molecule has 0 aromatic rings. The highest BCUT2D eigenvalue weighted by molar-refractivity contribution is 5.27. The number of aliphatic hydroxyl groups excluding tert-OH is 1. The molecule has 4 unspecified atom stereocenters. The van der Waals surface area contributed by atoms with Crippen molar-refractivity contribution in [1.82, 2.24) is 0 Å². The molecule has 0 amide bonds. The molecule has 10 atom stereocenters. The number of ether oxygens (including phenoxy) is 1. The molecule has 1 heterocycles. The SMILES string of the molecule is CC(C)=C/C=C/[C@](C)(O)C1C2CCC3[C@@]4(C)CC[C@H](O)C(C)(C)C4CC[C@@]3(C)[C@]23CO[C@@]1(O)C3. The first-order valence-corrected chi connectivity index (χ1v) is 13.7. The fraction of sp³-hybridized carbons (Fsp3) is 0.867. The van der Waals surface area contributed by atoms with Gasteiger partial charge in [-0.05, 0) is 93.3 Å². The normalized spacial score (nSPS) is 53.1. The molecule has 4 aliphatic carbocycles. The molecule has 192 valence electrons. The molecule has 0 aromatic carbocycles. The highest BCUT2D eigenvalue weighted by Gasteiger charge is 2.78. The lowest BCUT2D eigenvalue weighted by atomic mass is 9.35. The van der Waals surface area contributed by atoms with E-state index in [9.17, 15) is 15.3 Å². The Morgan fingerprint density at radius 2 is 1.71 bits per heavy atom. The first kappa shape index (κ1) is 25.0. The molecule has 5 fully saturated rings. The van der Waals surface area contributed by atoms with E-state index in [0.717, 1.165) is 38.5 Å². The van der Waals surface area contributed by atoms with Crippen LogP contribution in [0.5, 0.6) is 0 Å². The summed E-state index contributed by atoms with van der Waals surface area (Å²) >= 11 is 0. The molecule has 4 heteroatoms. The maximum Gasteiger partial charge on any atom is 0.172 e. The van der Waals surface area contributed by atoms with Gasteiger partial charge in [0.05, 0.1) is 18.3 Å². The summed E-state index contributed by atoms with van der Waals surface area (Å²) in [5, 5.41) is 34.4. The Balaban J connectivity index is 1.53. The van der Waals surface area contributed by atoms with Crippen LogP contribution in [0.25, 0.3) is 0 Å². The molecule has 1 spiro atoms. The van der Waals surface area contributed by atoms with Crippen molar-refractivity contribution in [3.63, 3.8) is 0 Å². The Morgan fingerprint density at radius 3 is 2.38 bits per heavy atom. The van der Waals surface area contributed by atoms with Crippen molar-refractivity contribution in [2.24, 2.45) is 45.3 Å². The number of fused-ring (bicyclic) bond motifs is 4. The van der Waals surface area contributed by atoms with Gasteiger partial charge in [0.2, 0.25) is 0 Å². The Kier molecular flexibility index (Phi) is 5.46. The molecular weight excluding hydrogens is 424 g/mol. The van der Waals surface area contributed by atoms with Gasteiger partial charge < -0.3 is 20.1 Å². The molecule has 1 aliphatic heterocycles. The highest BCUT2D eigenvalue weighted by Crippen LogP contribution is 2.79. The molecule has 5 rings (SSSR count). The topological polar surface area (TPSA) is 69.9 Å². The molecular formula is C30H48O4. The molecule has 34 heavy (non-hydrogen) atoms. The minimum Gasteiger partial charge on any atom is -0.393 e. The maximum absolute atomic E-state index is 11.8. The zero-order valence-corrected chi connectivity index (χ0v) is 22.5. The minimum absolute atomic E-state index is 0.0621. The Morgan fingerprint density at radius 1 is 1.00 bits per heavy atom. The summed E-state index contributed by atoms with van der Waals surface area (Å²) in [6.45, 7) is 16.1. The second-order valence-electron chi connectivity index (χ2n) is 14.4. The first-order valence-electron chi connectivity index (χ1n) is 13.7. The smallest absolute Gasteiger partial charge is 0.172 e. The molecule has 2 bridgehead atoms. The summed E-state index contributed by atoms with van der Waals surface area (Å²) in [7, 11) is 0. The first-order chi connectivity index (χ1) is 15.6. The average molecular weight is 473 g/mol. The van der Waals surface area contributed by atoms with E-state index < -0.39 is 11.4 Å². The van der Waals surface area contributed by atoms with E-state index in [1.165, 1.54) is 5.57 Å². The van der Waals surface area contributed by atoms with Gasteiger partial charge in [0, 0.05) is 17.8 Å². The van der Waals surface area contributed by atoms with E-state index in [1.807, 2.05) is 39.0 Å². The molecule has 0 radical (unpaired) electrons. The molecule has 1 saturated heterocycles. The Labute approximate surface area is 206 Å². The van der Waals surface area contributed by atoms with Crippen LogP contribution in [0.3, 0.4) is 0 Å². The Hall–Kier alpha value is -0.680. The van der Waals surface area contributed by atoms with Gasteiger partial charge in [-0.3, -0.25) is 0 Å². The van der Waals surface area contributed by atoms with Crippen molar-refractivity contribution in [1.29, 1.82) is 0 Å². The van der Waals surface area contributed by atoms with Crippen LogP contribution in [0, 0.1) is 45.3 Å². The van der Waals surface area contributed by atoms with E-state index in [-0.39, 0.29) is 39.6 Å². The molecule has 3 N–H and O–H groups in total. The largest absolute Gasteiger partial charge is 0.393 e. The van der Waals surface area contributed by atoms with Crippen LogP contribution < -0.4 is 0 Å². The van der Waals surface area contributed by atoms with Crippen LogP contribution in [0.15, 0.2) is 23.8 Å². The fourth-order valence-electron chi connectivity index (χ4n) is 10.6. The summed E-state index contributed by atoms with van der Waals surface area (Å²) in [6.07, 6.45) is 12.6. The lowest BCUT2D eigenvalue weighted by Crippen LogP contribution is -2.66. The van der Waals surface area contributed by atoms with Gasteiger partial charge >= 0.3 is 0 Å². The second-order valence-corrected chi connectivity index (χ2v) is 14.4. The third-order valence-corrected chi connectivity index (χ3v) is 12.2. The number of aliphatic hydroxyl groups is 3. The third kappa shape index (κ3) is 3.04. The van der Waals surface area contributed by atoms with E-state index in [1.54, 1.807) is 0 Å². The van der Waals surface area contributed by atoms with Crippen molar-refractivity contribution in [3.05, 3.63) is 23.8 Å². The molecule has 4 saturated carbocycles. The van der Waals surface area contributed by atoms with Gasteiger partial charge in [-0.25, -0.2) is 0 Å². The zero-order chi connectivity index (χ0) is 24.9. The van der Waals surface area contributed by atoms with Crippen LogP contribution in [0.1, 0.15) is 93.4 Å². The second kappa shape index (κ2) is 7.43. The van der Waals surface area contributed by atoms with E-state index in [2.05, 4.69) is 27.7 Å². The van der Waals surface area contributed by atoms with Crippen molar-refractivity contribution in [3.8, 4) is 0 Å². The van der Waals surface area contributed by atoms with Crippen LogP contribution in [-0.4, -0.2) is 39.4 Å². The van der Waals surface area contributed by atoms with Crippen molar-refractivity contribution < 1.29 is 20.1 Å². The number of hydrogen-bond acceptors (Lipinski definition) is 4. The van der Waals surface area contributed by atoms with Gasteiger partial charge in [-0.1, -0.05) is 51.5 Å². The van der Waals surface area contributed by atoms with E-state index in [4.69, 9.17) is 4.74 Å². The average Bonchev–Trinajstić information content (AvgIpc) is 3.21. The van der Waals surface area contributed by atoms with Crippen molar-refractivity contribution in [2.75, 3.05) is 6.61 Å². The monoisotopic (exact) mass is 472 g/mol. The van der Waals surface area contributed by atoms with Gasteiger partial charge in [0.1, 0.15) is 0 Å². The molecule has 5 aliphatic rings. The lowest BCUT2D eigenvalue weighted by molar-refractivity contribution is -0.283. The van der Waals surface area contributed by atoms with Crippen LogP contribution in [-0.2, 0) is 4.74 Å². The summed E-state index contributed by atoms with van der Waals surface area (Å²) in [5.41, 5.74) is 0.156. The zero-order valence-electron chi connectivity index (χ0n) is 22.5. The number of rotatable bonds is 3. The van der Waals surface area contributed by atoms with E-state index >= 15 is 0 Å². The summed E-state index contributed by atoms with van der Waals surface area (Å²) in [4.78, 5) is 0. The van der Waals surface area contributed by atoms with E-state index in [0.29, 0.717) is 24.9 Å². The van der Waals surface area contributed by atoms with Crippen molar-refractivity contribution in [2.45, 2.75) is 111 Å². The van der Waals surface area contributed by atoms with Crippen LogP contribution in [0.2, 0.25) is 0 Å². The predicted octanol–water partition coefficient (Wildman–Crippen LogP) is 5.61. The molecule has 0 aromatic heterocycles. The summed E-state index contributed by atoms with van der Waals surface area (Å²) < 4.78 is 6.27. The molecule has 4 nitrogen and oxygen atoms in total. The maximum atomic E-state index is 11.8. The van der Waals surface area contributed by atoms with Crippen LogP contribution >= 0.6 is 0 Å². The van der Waals surface area contributed by atoms with Gasteiger partial charge in [-0.15, -0.1) is 0 Å². The summed E-state index contributed by atoms with van der Waals surface area (Å²) in [6, 6.07) is 0. The minimum atomic E-state index is -1.26. The standard InChI is InChI=1S/C30H48O4/c1-19(2)9-8-14-28(7,32)24-20-10-11-22-26(5)15-13-23(31)25(3,4)21(26)12-16-27(22,6)29(20)17-30(24,33)34-18-29/h8-9,14,20-24,31-33H,10-13,15-18H2,1-7H3/b14-8+/t20?,21?,22?,23-,24?,26-,27+,28-,29+,30-/m0/s1. The fourth-order valence-corrected chi connectivity index (χ4v) is 10.6. The van der Waals surface area contributed by atoms with Gasteiger partial charge in [0.15, 0.2) is 5.79 Å². The highest BCUT2D eigenvalue weighted by atomic mass is 16.6.